The van der Waals surface area contributed by atoms with Crippen LogP contribution >= 0.6 is 23.2 Å². The van der Waals surface area contributed by atoms with Crippen LogP contribution in [0, 0.1) is 0 Å². The van der Waals surface area contributed by atoms with Gasteiger partial charge in [0, 0.05) is 18.2 Å². The molecule has 166 valence electrons. The zero-order valence-corrected chi connectivity index (χ0v) is 19.2. The predicted molar refractivity (Wildman–Crippen MR) is 127 cm³/mol. The van der Waals surface area contributed by atoms with E-state index in [0.29, 0.717) is 39.1 Å². The maximum Gasteiger partial charge on any atom is 0.341 e. The number of aromatic amines is 1. The number of fused-ring (bicyclic) bond motifs is 2. The second-order valence-corrected chi connectivity index (χ2v) is 8.20. The van der Waals surface area contributed by atoms with Crippen LogP contribution in [0.2, 0.25) is 10.0 Å². The zero-order valence-electron chi connectivity index (χ0n) is 17.7. The number of nitrogens with zero attached hydrogens (tertiary/aromatic N) is 3. The Labute approximate surface area is 198 Å². The molecular formula is C24H18Cl2N4O3. The summed E-state index contributed by atoms with van der Waals surface area (Å²) in [6.45, 7) is 0. The van der Waals surface area contributed by atoms with Crippen molar-refractivity contribution in [2.24, 2.45) is 0 Å². The Morgan fingerprint density at radius 3 is 2.67 bits per heavy atom. The summed E-state index contributed by atoms with van der Waals surface area (Å²) in [5.74, 6) is 0.820. The van der Waals surface area contributed by atoms with Gasteiger partial charge in [0.25, 0.3) is 0 Å². The molecule has 3 heterocycles. The molecule has 0 saturated carbocycles. The average Bonchev–Trinajstić information content (AvgIpc) is 3.41. The summed E-state index contributed by atoms with van der Waals surface area (Å²) >= 11 is 12.7. The number of imidazole rings is 2. The van der Waals surface area contributed by atoms with Gasteiger partial charge < -0.3 is 14.5 Å². The number of esters is 1. The summed E-state index contributed by atoms with van der Waals surface area (Å²) in [5, 5.41) is 0.878. The van der Waals surface area contributed by atoms with E-state index in [9.17, 15) is 4.79 Å². The van der Waals surface area contributed by atoms with Crippen molar-refractivity contribution in [3.8, 4) is 17.0 Å². The lowest BCUT2D eigenvalue weighted by molar-refractivity contribution is 0.0603. The fraction of sp³-hybridized carbons (Fsp3) is 0.125. The quantitative estimate of drug-likeness (QED) is 0.332. The van der Waals surface area contributed by atoms with Gasteiger partial charge in [0.2, 0.25) is 0 Å². The van der Waals surface area contributed by atoms with Gasteiger partial charge in [-0.3, -0.25) is 4.40 Å². The van der Waals surface area contributed by atoms with Crippen LogP contribution in [0.3, 0.4) is 0 Å². The van der Waals surface area contributed by atoms with Crippen LogP contribution in [0.15, 0.2) is 54.7 Å². The van der Waals surface area contributed by atoms with Gasteiger partial charge in [-0.15, -0.1) is 0 Å². The number of carbonyl (C=O) groups is 1. The number of hydrogen-bond acceptors (Lipinski definition) is 5. The summed E-state index contributed by atoms with van der Waals surface area (Å²) in [7, 11) is 2.92. The van der Waals surface area contributed by atoms with Gasteiger partial charge in [0.1, 0.15) is 28.3 Å². The van der Waals surface area contributed by atoms with E-state index in [1.54, 1.807) is 25.3 Å². The fourth-order valence-electron chi connectivity index (χ4n) is 3.85. The topological polar surface area (TPSA) is 81.5 Å². The molecule has 5 rings (SSSR count). The first-order valence-corrected chi connectivity index (χ1v) is 10.8. The lowest BCUT2D eigenvalue weighted by atomic mass is 10.1. The van der Waals surface area contributed by atoms with Gasteiger partial charge in [-0.25, -0.2) is 14.8 Å². The van der Waals surface area contributed by atoms with E-state index < -0.39 is 5.97 Å². The Morgan fingerprint density at radius 2 is 1.91 bits per heavy atom. The van der Waals surface area contributed by atoms with Crippen molar-refractivity contribution in [1.29, 1.82) is 0 Å². The molecule has 0 saturated heterocycles. The molecule has 0 aliphatic carbocycles. The molecule has 3 aromatic heterocycles. The summed E-state index contributed by atoms with van der Waals surface area (Å²) < 4.78 is 12.1. The van der Waals surface area contributed by atoms with Crippen LogP contribution < -0.4 is 4.74 Å². The van der Waals surface area contributed by atoms with Gasteiger partial charge in [0.15, 0.2) is 0 Å². The molecule has 0 fully saturated rings. The molecule has 0 aliphatic heterocycles. The Kier molecular flexibility index (Phi) is 5.44. The summed E-state index contributed by atoms with van der Waals surface area (Å²) in [5.41, 5.74) is 4.77. The minimum Gasteiger partial charge on any atom is -0.497 e. The molecule has 0 aliphatic rings. The number of aromatic nitrogens is 4. The Hall–Kier alpha value is -3.55. The SMILES string of the molecule is COC(=O)c1c(Cl)ccc2[nH]c(Cc3cn4c(-c5ccc(OC)cc5Cl)cccc4n3)nc12. The number of pyridine rings is 1. The third-order valence-corrected chi connectivity index (χ3v) is 6.01. The predicted octanol–water partition coefficient (Wildman–Crippen LogP) is 5.57. The van der Waals surface area contributed by atoms with E-state index in [-0.39, 0.29) is 5.56 Å². The molecule has 2 aromatic carbocycles. The van der Waals surface area contributed by atoms with Crippen LogP contribution in [-0.4, -0.2) is 39.5 Å². The Bertz CT molecular complexity index is 1520. The highest BCUT2D eigenvalue weighted by molar-refractivity contribution is 6.35. The van der Waals surface area contributed by atoms with Crippen LogP contribution in [-0.2, 0) is 11.2 Å². The van der Waals surface area contributed by atoms with Gasteiger partial charge in [0.05, 0.1) is 41.2 Å². The summed E-state index contributed by atoms with van der Waals surface area (Å²) in [6.07, 6.45) is 2.39. The molecule has 7 nitrogen and oxygen atoms in total. The molecular weight excluding hydrogens is 463 g/mol. The minimum absolute atomic E-state index is 0.241. The number of nitrogens with one attached hydrogen (secondary N) is 1. The van der Waals surface area contributed by atoms with Crippen molar-refractivity contribution in [3.63, 3.8) is 0 Å². The van der Waals surface area contributed by atoms with Crippen molar-refractivity contribution in [2.75, 3.05) is 14.2 Å². The van der Waals surface area contributed by atoms with Gasteiger partial charge in [-0.1, -0.05) is 29.3 Å². The van der Waals surface area contributed by atoms with E-state index in [2.05, 4.69) is 9.97 Å². The van der Waals surface area contributed by atoms with E-state index in [1.165, 1.54) is 7.11 Å². The molecule has 0 atom stereocenters. The maximum absolute atomic E-state index is 12.2. The van der Waals surface area contributed by atoms with Crippen molar-refractivity contribution in [1.82, 2.24) is 19.4 Å². The van der Waals surface area contributed by atoms with Gasteiger partial charge in [-0.05, 0) is 42.5 Å². The van der Waals surface area contributed by atoms with E-state index in [1.807, 2.05) is 40.9 Å². The number of ether oxygens (including phenoxy) is 2. The molecule has 9 heteroatoms. The second kappa shape index (κ2) is 8.42. The van der Waals surface area contributed by atoms with Crippen LogP contribution in [0.5, 0.6) is 5.75 Å². The lowest BCUT2D eigenvalue weighted by Gasteiger charge is -2.09. The molecule has 5 aromatic rings. The van der Waals surface area contributed by atoms with E-state index in [0.717, 1.165) is 22.6 Å². The minimum atomic E-state index is -0.530. The maximum atomic E-state index is 12.2. The number of carbonyl (C=O) groups excluding carboxylic acids is 1. The number of benzene rings is 2. The molecule has 1 N–H and O–H groups in total. The van der Waals surface area contributed by atoms with E-state index in [4.69, 9.17) is 37.7 Å². The number of H-pyrrole nitrogens is 1. The molecule has 0 bridgehead atoms. The van der Waals surface area contributed by atoms with Gasteiger partial charge >= 0.3 is 5.97 Å². The normalized spacial score (nSPS) is 11.3. The first-order valence-electron chi connectivity index (χ1n) is 10.0. The summed E-state index contributed by atoms with van der Waals surface area (Å²) in [4.78, 5) is 24.8. The highest BCUT2D eigenvalue weighted by Crippen LogP contribution is 2.32. The summed E-state index contributed by atoms with van der Waals surface area (Å²) in [6, 6.07) is 14.9. The van der Waals surface area contributed by atoms with Crippen LogP contribution in [0.4, 0.5) is 0 Å². The zero-order chi connectivity index (χ0) is 23.1. The largest absolute Gasteiger partial charge is 0.497 e. The Balaban J connectivity index is 1.54. The number of rotatable bonds is 5. The molecule has 0 unspecified atom stereocenters. The smallest absolute Gasteiger partial charge is 0.341 e. The third-order valence-electron chi connectivity index (χ3n) is 5.39. The average molecular weight is 481 g/mol. The molecule has 0 radical (unpaired) electrons. The van der Waals surface area contributed by atoms with Gasteiger partial charge in [-0.2, -0.15) is 0 Å². The van der Waals surface area contributed by atoms with Crippen molar-refractivity contribution in [2.45, 2.75) is 6.42 Å². The first-order chi connectivity index (χ1) is 16.0. The molecule has 0 spiro atoms. The van der Waals surface area contributed by atoms with Crippen molar-refractivity contribution >= 4 is 45.9 Å². The number of halogens is 2. The van der Waals surface area contributed by atoms with Crippen molar-refractivity contribution in [3.05, 3.63) is 81.9 Å². The fourth-order valence-corrected chi connectivity index (χ4v) is 4.35. The molecule has 0 amide bonds. The third kappa shape index (κ3) is 3.79. The lowest BCUT2D eigenvalue weighted by Crippen LogP contribution is -2.03. The monoisotopic (exact) mass is 480 g/mol. The highest BCUT2D eigenvalue weighted by Gasteiger charge is 2.19. The highest BCUT2D eigenvalue weighted by atomic mass is 35.5. The van der Waals surface area contributed by atoms with Crippen molar-refractivity contribution < 1.29 is 14.3 Å². The van der Waals surface area contributed by atoms with E-state index >= 15 is 0 Å². The number of hydrogen-bond donors (Lipinski definition) is 1. The number of methoxy groups -OCH3 is 2. The standard InChI is InChI=1S/C24H18Cl2N4O3/c1-32-14-6-7-15(17(26)11-14)19-4-3-5-21-27-13(12-30(19)21)10-20-28-18-9-8-16(25)22(23(18)29-20)24(31)33-2/h3-9,11-12H,10H2,1-2H3,(H,28,29). The first kappa shape index (κ1) is 21.3. The molecule has 33 heavy (non-hydrogen) atoms. The second-order valence-electron chi connectivity index (χ2n) is 7.39. The van der Waals surface area contributed by atoms with Crippen LogP contribution in [0.25, 0.3) is 27.9 Å². The van der Waals surface area contributed by atoms with Crippen LogP contribution in [0.1, 0.15) is 21.9 Å². The Morgan fingerprint density at radius 1 is 1.06 bits per heavy atom.